The molecule has 1 N–H and O–H groups in total. The van der Waals surface area contributed by atoms with Crippen molar-refractivity contribution in [2.24, 2.45) is 0 Å². The van der Waals surface area contributed by atoms with E-state index in [0.717, 1.165) is 21.2 Å². The highest BCUT2D eigenvalue weighted by Crippen LogP contribution is 2.26. The Hall–Kier alpha value is -2.86. The number of amides is 2. The largest absolute Gasteiger partial charge is 0.459 e. The summed E-state index contributed by atoms with van der Waals surface area (Å²) in [6.07, 6.45) is 1.94. The van der Waals surface area contributed by atoms with Crippen LogP contribution in [0.3, 0.4) is 0 Å². The molecule has 1 aliphatic rings. The molecule has 0 bridgehead atoms. The third-order valence-electron chi connectivity index (χ3n) is 5.27. The standard InChI is InChI=1S/C23H21BrN2O3/c1-15(16-8-10-19(24)11-9-16)25-22(27)20-13-17-5-2-3-6-18(17)14-26(20)23(28)21-7-4-12-29-21/h2-12,15,20H,13-14H2,1H3,(H,25,27). The summed E-state index contributed by atoms with van der Waals surface area (Å²) < 4.78 is 6.28. The molecule has 1 aliphatic heterocycles. The lowest BCUT2D eigenvalue weighted by atomic mass is 9.93. The van der Waals surface area contributed by atoms with E-state index >= 15 is 0 Å². The van der Waals surface area contributed by atoms with Gasteiger partial charge in [0.25, 0.3) is 5.91 Å². The van der Waals surface area contributed by atoms with Gasteiger partial charge in [0.2, 0.25) is 5.91 Å². The van der Waals surface area contributed by atoms with Crippen LogP contribution in [0, 0.1) is 0 Å². The average molecular weight is 453 g/mol. The number of benzene rings is 2. The fourth-order valence-electron chi connectivity index (χ4n) is 3.66. The van der Waals surface area contributed by atoms with Crippen LogP contribution in [0.2, 0.25) is 0 Å². The first-order valence-corrected chi connectivity index (χ1v) is 10.3. The van der Waals surface area contributed by atoms with Gasteiger partial charge in [-0.15, -0.1) is 0 Å². The number of rotatable bonds is 4. The molecule has 2 unspecified atom stereocenters. The van der Waals surface area contributed by atoms with Gasteiger partial charge in [0, 0.05) is 17.4 Å². The summed E-state index contributed by atoms with van der Waals surface area (Å²) in [6.45, 7) is 2.32. The maximum Gasteiger partial charge on any atom is 0.290 e. The number of carbonyl (C=O) groups excluding carboxylic acids is 2. The van der Waals surface area contributed by atoms with Crippen molar-refractivity contribution in [3.05, 3.63) is 93.9 Å². The summed E-state index contributed by atoms with van der Waals surface area (Å²) in [5.41, 5.74) is 3.14. The van der Waals surface area contributed by atoms with Gasteiger partial charge in [0.1, 0.15) is 6.04 Å². The van der Waals surface area contributed by atoms with Crippen LogP contribution >= 0.6 is 15.9 Å². The van der Waals surface area contributed by atoms with Crippen molar-refractivity contribution in [3.63, 3.8) is 0 Å². The second-order valence-electron chi connectivity index (χ2n) is 7.18. The van der Waals surface area contributed by atoms with E-state index in [1.54, 1.807) is 17.0 Å². The van der Waals surface area contributed by atoms with E-state index in [2.05, 4.69) is 21.2 Å². The van der Waals surface area contributed by atoms with Gasteiger partial charge in [-0.2, -0.15) is 0 Å². The van der Waals surface area contributed by atoms with Crippen molar-refractivity contribution in [1.82, 2.24) is 10.2 Å². The van der Waals surface area contributed by atoms with Crippen molar-refractivity contribution < 1.29 is 14.0 Å². The molecule has 4 rings (SSSR count). The Kier molecular flexibility index (Phi) is 5.53. The van der Waals surface area contributed by atoms with Gasteiger partial charge in [-0.05, 0) is 47.9 Å². The van der Waals surface area contributed by atoms with Crippen LogP contribution in [0.5, 0.6) is 0 Å². The lowest BCUT2D eigenvalue weighted by Crippen LogP contribution is -2.52. The Morgan fingerprint density at radius 3 is 2.48 bits per heavy atom. The number of hydrogen-bond donors (Lipinski definition) is 1. The second kappa shape index (κ2) is 8.25. The lowest BCUT2D eigenvalue weighted by Gasteiger charge is -2.36. The fourth-order valence-corrected chi connectivity index (χ4v) is 3.92. The third-order valence-corrected chi connectivity index (χ3v) is 5.80. The van der Waals surface area contributed by atoms with E-state index in [1.807, 2.05) is 55.5 Å². The van der Waals surface area contributed by atoms with E-state index in [-0.39, 0.29) is 23.6 Å². The number of nitrogens with one attached hydrogen (secondary N) is 1. The molecule has 2 amide bonds. The predicted octanol–water partition coefficient (Wildman–Crippen LogP) is 4.49. The highest BCUT2D eigenvalue weighted by Gasteiger charge is 2.36. The Bertz CT molecular complexity index is 1010. The smallest absolute Gasteiger partial charge is 0.290 e. The molecule has 0 fully saturated rings. The molecule has 2 aromatic carbocycles. The van der Waals surface area contributed by atoms with Crippen molar-refractivity contribution in [3.8, 4) is 0 Å². The van der Waals surface area contributed by atoms with Crippen LogP contribution in [0.25, 0.3) is 0 Å². The summed E-state index contributed by atoms with van der Waals surface area (Å²) in [5, 5.41) is 3.07. The van der Waals surface area contributed by atoms with Crippen LogP contribution < -0.4 is 5.32 Å². The van der Waals surface area contributed by atoms with Crippen LogP contribution in [0.1, 0.15) is 40.2 Å². The highest BCUT2D eigenvalue weighted by atomic mass is 79.9. The Balaban J connectivity index is 1.58. The SMILES string of the molecule is CC(NC(=O)C1Cc2ccccc2CN1C(=O)c1ccco1)c1ccc(Br)cc1. The molecule has 148 valence electrons. The fraction of sp³-hybridized carbons (Fsp3) is 0.217. The molecule has 1 aromatic heterocycles. The Labute approximate surface area is 177 Å². The summed E-state index contributed by atoms with van der Waals surface area (Å²) >= 11 is 3.43. The molecule has 2 heterocycles. The predicted molar refractivity (Wildman–Crippen MR) is 113 cm³/mol. The molecule has 6 heteroatoms. The van der Waals surface area contributed by atoms with Crippen molar-refractivity contribution in [1.29, 1.82) is 0 Å². The quantitative estimate of drug-likeness (QED) is 0.634. The number of nitrogens with zero attached hydrogens (tertiary/aromatic N) is 1. The minimum absolute atomic E-state index is 0.171. The molecule has 0 saturated carbocycles. The Morgan fingerprint density at radius 1 is 1.07 bits per heavy atom. The highest BCUT2D eigenvalue weighted by molar-refractivity contribution is 9.10. The molecular weight excluding hydrogens is 432 g/mol. The van der Waals surface area contributed by atoms with E-state index in [4.69, 9.17) is 4.42 Å². The van der Waals surface area contributed by atoms with Crippen molar-refractivity contribution >= 4 is 27.7 Å². The second-order valence-corrected chi connectivity index (χ2v) is 8.10. The van der Waals surface area contributed by atoms with Gasteiger partial charge < -0.3 is 14.6 Å². The van der Waals surface area contributed by atoms with E-state index in [9.17, 15) is 9.59 Å². The topological polar surface area (TPSA) is 62.6 Å². The number of fused-ring (bicyclic) bond motifs is 1. The molecule has 2 atom stereocenters. The van der Waals surface area contributed by atoms with Gasteiger partial charge in [-0.25, -0.2) is 0 Å². The van der Waals surface area contributed by atoms with Gasteiger partial charge in [-0.1, -0.05) is 52.3 Å². The van der Waals surface area contributed by atoms with Crippen LogP contribution in [-0.4, -0.2) is 22.8 Å². The number of carbonyl (C=O) groups is 2. The maximum atomic E-state index is 13.2. The van der Waals surface area contributed by atoms with Crippen LogP contribution in [0.4, 0.5) is 0 Å². The third kappa shape index (κ3) is 4.12. The lowest BCUT2D eigenvalue weighted by molar-refractivity contribution is -0.126. The van der Waals surface area contributed by atoms with E-state index < -0.39 is 6.04 Å². The van der Waals surface area contributed by atoms with Gasteiger partial charge >= 0.3 is 0 Å². The summed E-state index contributed by atoms with van der Waals surface area (Å²) in [5.74, 6) is -0.209. The molecule has 0 saturated heterocycles. The number of halogens is 1. The number of furan rings is 1. The van der Waals surface area contributed by atoms with Crippen molar-refractivity contribution in [2.75, 3.05) is 0 Å². The first-order chi connectivity index (χ1) is 14.0. The monoisotopic (exact) mass is 452 g/mol. The Morgan fingerprint density at radius 2 is 1.79 bits per heavy atom. The van der Waals surface area contributed by atoms with Crippen molar-refractivity contribution in [2.45, 2.75) is 32.0 Å². The van der Waals surface area contributed by atoms with Gasteiger partial charge in [-0.3, -0.25) is 9.59 Å². The summed E-state index contributed by atoms with van der Waals surface area (Å²) in [7, 11) is 0. The molecule has 0 radical (unpaired) electrons. The molecule has 0 spiro atoms. The normalized spacial score (nSPS) is 16.8. The minimum atomic E-state index is -0.597. The van der Waals surface area contributed by atoms with E-state index in [0.29, 0.717) is 13.0 Å². The summed E-state index contributed by atoms with van der Waals surface area (Å²) in [6, 6.07) is 18.3. The zero-order chi connectivity index (χ0) is 20.4. The maximum absolute atomic E-state index is 13.2. The van der Waals surface area contributed by atoms with Gasteiger partial charge in [0.05, 0.1) is 12.3 Å². The first kappa shape index (κ1) is 19.5. The summed E-state index contributed by atoms with van der Waals surface area (Å²) in [4.78, 5) is 27.8. The zero-order valence-corrected chi connectivity index (χ0v) is 17.6. The van der Waals surface area contributed by atoms with Crippen LogP contribution in [-0.2, 0) is 17.8 Å². The molecular formula is C23H21BrN2O3. The first-order valence-electron chi connectivity index (χ1n) is 9.50. The molecule has 5 nitrogen and oxygen atoms in total. The van der Waals surface area contributed by atoms with E-state index in [1.165, 1.54) is 6.26 Å². The molecule has 29 heavy (non-hydrogen) atoms. The number of hydrogen-bond acceptors (Lipinski definition) is 3. The van der Waals surface area contributed by atoms with Crippen LogP contribution in [0.15, 0.2) is 75.8 Å². The van der Waals surface area contributed by atoms with Gasteiger partial charge in [0.15, 0.2) is 5.76 Å². The molecule has 0 aliphatic carbocycles. The molecule has 3 aromatic rings. The minimum Gasteiger partial charge on any atom is -0.459 e. The average Bonchev–Trinajstić information content (AvgIpc) is 3.27. The zero-order valence-electron chi connectivity index (χ0n) is 16.0.